The second kappa shape index (κ2) is 7.66. The van der Waals surface area contributed by atoms with Crippen LogP contribution in [0.5, 0.6) is 0 Å². The van der Waals surface area contributed by atoms with Crippen LogP contribution < -0.4 is 5.32 Å². The van der Waals surface area contributed by atoms with Crippen LogP contribution in [-0.2, 0) is 6.54 Å². The first kappa shape index (κ1) is 16.2. The Morgan fingerprint density at radius 3 is 1.95 bits per heavy atom. The lowest BCUT2D eigenvalue weighted by atomic mass is 9.82. The minimum atomic E-state index is -0.155. The molecule has 0 aromatic heterocycles. The number of nitrogens with one attached hydrogen (secondary N) is 1. The zero-order valence-corrected chi connectivity index (χ0v) is 12.8. The molecule has 0 aliphatic heterocycles. The van der Waals surface area contributed by atoms with Crippen molar-refractivity contribution in [2.75, 3.05) is 6.61 Å². The van der Waals surface area contributed by atoms with Gasteiger partial charge in [-0.15, -0.1) is 0 Å². The maximum atomic E-state index is 9.89. The molecule has 108 valence electrons. The molecular formula is C17H29NO. The van der Waals surface area contributed by atoms with Gasteiger partial charge in [-0.3, -0.25) is 0 Å². The van der Waals surface area contributed by atoms with Crippen molar-refractivity contribution in [2.24, 2.45) is 11.8 Å². The van der Waals surface area contributed by atoms with Gasteiger partial charge in [0.2, 0.25) is 0 Å². The van der Waals surface area contributed by atoms with Crippen LogP contribution in [0.1, 0.15) is 46.1 Å². The lowest BCUT2D eigenvalue weighted by Crippen LogP contribution is -2.50. The van der Waals surface area contributed by atoms with Gasteiger partial charge in [0.15, 0.2) is 0 Å². The fraction of sp³-hybridized carbons (Fsp3) is 0.647. The Kier molecular flexibility index (Phi) is 6.53. The zero-order chi connectivity index (χ0) is 14.3. The Morgan fingerprint density at radius 1 is 1.00 bits per heavy atom. The number of benzene rings is 1. The summed E-state index contributed by atoms with van der Waals surface area (Å²) in [6.07, 6.45) is 2.02. The SMILES string of the molecule is CC(C)CC(CO)(CC(C)C)NCc1ccccc1. The number of aliphatic hydroxyl groups is 1. The molecule has 1 rings (SSSR count). The second-order valence-corrected chi connectivity index (χ2v) is 6.47. The third-order valence-electron chi connectivity index (χ3n) is 3.41. The Hall–Kier alpha value is -0.860. The smallest absolute Gasteiger partial charge is 0.0613 e. The molecule has 0 spiro atoms. The fourth-order valence-electron chi connectivity index (χ4n) is 2.86. The van der Waals surface area contributed by atoms with E-state index >= 15 is 0 Å². The summed E-state index contributed by atoms with van der Waals surface area (Å²) in [7, 11) is 0. The molecule has 1 aromatic rings. The van der Waals surface area contributed by atoms with E-state index in [0.717, 1.165) is 19.4 Å². The highest BCUT2D eigenvalue weighted by Crippen LogP contribution is 2.25. The minimum absolute atomic E-state index is 0.155. The highest BCUT2D eigenvalue weighted by molar-refractivity contribution is 5.14. The lowest BCUT2D eigenvalue weighted by Gasteiger charge is -2.36. The van der Waals surface area contributed by atoms with Gasteiger partial charge >= 0.3 is 0 Å². The van der Waals surface area contributed by atoms with Gasteiger partial charge in [0.1, 0.15) is 0 Å². The van der Waals surface area contributed by atoms with Crippen LogP contribution in [0.2, 0.25) is 0 Å². The summed E-state index contributed by atoms with van der Waals surface area (Å²) in [6, 6.07) is 10.4. The molecule has 2 heteroatoms. The summed E-state index contributed by atoms with van der Waals surface area (Å²) < 4.78 is 0. The normalized spacial score (nSPS) is 12.4. The lowest BCUT2D eigenvalue weighted by molar-refractivity contribution is 0.115. The standard InChI is InChI=1S/C17H29NO/c1-14(2)10-17(13-19,11-15(3)4)18-12-16-8-6-5-7-9-16/h5-9,14-15,18-19H,10-13H2,1-4H3. The van der Waals surface area contributed by atoms with Crippen LogP contribution in [0.15, 0.2) is 30.3 Å². The molecule has 0 aliphatic rings. The molecule has 0 atom stereocenters. The van der Waals surface area contributed by atoms with Crippen LogP contribution in [0.3, 0.4) is 0 Å². The van der Waals surface area contributed by atoms with Crippen molar-refractivity contribution in [3.63, 3.8) is 0 Å². The molecule has 0 aliphatic carbocycles. The molecule has 0 fully saturated rings. The van der Waals surface area contributed by atoms with Crippen LogP contribution in [-0.4, -0.2) is 17.3 Å². The van der Waals surface area contributed by atoms with Gasteiger partial charge in [0.25, 0.3) is 0 Å². The van der Waals surface area contributed by atoms with Crippen molar-refractivity contribution in [2.45, 2.75) is 52.6 Å². The van der Waals surface area contributed by atoms with Gasteiger partial charge in [-0.25, -0.2) is 0 Å². The van der Waals surface area contributed by atoms with Crippen LogP contribution in [0.4, 0.5) is 0 Å². The molecule has 0 saturated heterocycles. The van der Waals surface area contributed by atoms with E-state index < -0.39 is 0 Å². The predicted octanol–water partition coefficient (Wildman–Crippen LogP) is 3.60. The summed E-state index contributed by atoms with van der Waals surface area (Å²) in [5, 5.41) is 13.5. The maximum Gasteiger partial charge on any atom is 0.0613 e. The van der Waals surface area contributed by atoms with E-state index in [4.69, 9.17) is 0 Å². The third-order valence-corrected chi connectivity index (χ3v) is 3.41. The highest BCUT2D eigenvalue weighted by Gasteiger charge is 2.30. The average Bonchev–Trinajstić information content (AvgIpc) is 2.36. The van der Waals surface area contributed by atoms with E-state index in [2.05, 4.69) is 57.3 Å². The molecule has 2 N–H and O–H groups in total. The van der Waals surface area contributed by atoms with Crippen molar-refractivity contribution in [1.29, 1.82) is 0 Å². The van der Waals surface area contributed by atoms with Gasteiger partial charge in [-0.05, 0) is 30.2 Å². The molecule has 0 unspecified atom stereocenters. The molecule has 0 bridgehead atoms. The van der Waals surface area contributed by atoms with E-state index in [9.17, 15) is 5.11 Å². The van der Waals surface area contributed by atoms with Gasteiger partial charge in [-0.1, -0.05) is 58.0 Å². The third kappa shape index (κ3) is 5.75. The first-order valence-electron chi connectivity index (χ1n) is 7.37. The molecule has 19 heavy (non-hydrogen) atoms. The maximum absolute atomic E-state index is 9.89. The summed E-state index contributed by atoms with van der Waals surface area (Å²) >= 11 is 0. The molecule has 1 aromatic carbocycles. The zero-order valence-electron chi connectivity index (χ0n) is 12.8. The van der Waals surface area contributed by atoms with Gasteiger partial charge < -0.3 is 10.4 Å². The first-order chi connectivity index (χ1) is 8.97. The second-order valence-electron chi connectivity index (χ2n) is 6.47. The summed E-state index contributed by atoms with van der Waals surface area (Å²) in [4.78, 5) is 0. The van der Waals surface area contributed by atoms with Crippen LogP contribution >= 0.6 is 0 Å². The molecule has 0 heterocycles. The number of rotatable bonds is 8. The van der Waals surface area contributed by atoms with E-state index in [1.165, 1.54) is 5.56 Å². The van der Waals surface area contributed by atoms with E-state index in [-0.39, 0.29) is 12.1 Å². The summed E-state index contributed by atoms with van der Waals surface area (Å²) in [6.45, 7) is 9.89. The van der Waals surface area contributed by atoms with Gasteiger partial charge in [0, 0.05) is 12.1 Å². The Morgan fingerprint density at radius 2 is 1.53 bits per heavy atom. The van der Waals surface area contributed by atoms with Gasteiger partial charge in [-0.2, -0.15) is 0 Å². The van der Waals surface area contributed by atoms with Crippen molar-refractivity contribution < 1.29 is 5.11 Å². The number of aliphatic hydroxyl groups excluding tert-OH is 1. The van der Waals surface area contributed by atoms with E-state index in [1.54, 1.807) is 0 Å². The molecule has 0 saturated carbocycles. The quantitative estimate of drug-likeness (QED) is 0.751. The Bertz CT molecular complexity index is 336. The molecule has 0 amide bonds. The van der Waals surface area contributed by atoms with Crippen molar-refractivity contribution >= 4 is 0 Å². The molecule has 0 radical (unpaired) electrons. The topological polar surface area (TPSA) is 32.3 Å². The van der Waals surface area contributed by atoms with Crippen LogP contribution in [0, 0.1) is 11.8 Å². The number of hydrogen-bond acceptors (Lipinski definition) is 2. The Labute approximate surface area is 118 Å². The van der Waals surface area contributed by atoms with E-state index in [0.29, 0.717) is 11.8 Å². The van der Waals surface area contributed by atoms with Crippen molar-refractivity contribution in [3.8, 4) is 0 Å². The van der Waals surface area contributed by atoms with Crippen molar-refractivity contribution in [1.82, 2.24) is 5.32 Å². The largest absolute Gasteiger partial charge is 0.394 e. The number of hydrogen-bond donors (Lipinski definition) is 2. The van der Waals surface area contributed by atoms with Crippen LogP contribution in [0.25, 0.3) is 0 Å². The van der Waals surface area contributed by atoms with E-state index in [1.807, 2.05) is 6.07 Å². The average molecular weight is 263 g/mol. The minimum Gasteiger partial charge on any atom is -0.394 e. The summed E-state index contributed by atoms with van der Waals surface area (Å²) in [5.41, 5.74) is 1.12. The fourth-order valence-corrected chi connectivity index (χ4v) is 2.86. The molecular weight excluding hydrogens is 234 g/mol. The first-order valence-corrected chi connectivity index (χ1v) is 7.37. The highest BCUT2D eigenvalue weighted by atomic mass is 16.3. The summed E-state index contributed by atoms with van der Waals surface area (Å²) in [5.74, 6) is 1.16. The molecule has 2 nitrogen and oxygen atoms in total. The van der Waals surface area contributed by atoms with Crippen molar-refractivity contribution in [3.05, 3.63) is 35.9 Å². The predicted molar refractivity (Wildman–Crippen MR) is 82.0 cm³/mol. The monoisotopic (exact) mass is 263 g/mol. The Balaban J connectivity index is 2.72. The van der Waals surface area contributed by atoms with Gasteiger partial charge in [0.05, 0.1) is 6.61 Å².